The van der Waals surface area contributed by atoms with Crippen LogP contribution in [0.1, 0.15) is 342 Å². The maximum absolute atomic E-state index is 13.3. The fraction of sp³-hybridized carbons (Fsp3) is 0.934. The molecule has 0 spiro atoms. The standard InChI is InChI=1S/C61H119NO5/c1-4-7-10-13-16-19-22-25-28-30-33-36-39-42-45-48-51-54-61(66)67-57(52-49-46-43-40-37-34-32-29-26-23-20-17-14-11-8-5-2)55-60(65)62-58(56-63)59(64)53-50-47-44-41-38-35-31-27-24-21-18-15-12-9-6-3/h25,28,57-59,63-64H,4-24,26-27,29-56H2,1-3H3,(H,62,65)/b28-25+. The maximum Gasteiger partial charge on any atom is 0.306 e. The molecule has 6 nitrogen and oxygen atoms in total. The number of hydrogen-bond acceptors (Lipinski definition) is 5. The van der Waals surface area contributed by atoms with Gasteiger partial charge in [0.2, 0.25) is 5.91 Å². The average molecular weight is 947 g/mol. The number of esters is 1. The van der Waals surface area contributed by atoms with Gasteiger partial charge < -0.3 is 20.3 Å². The van der Waals surface area contributed by atoms with Gasteiger partial charge in [-0.05, 0) is 51.4 Å². The van der Waals surface area contributed by atoms with Gasteiger partial charge in [0.1, 0.15) is 6.10 Å². The van der Waals surface area contributed by atoms with Crippen LogP contribution in [0.4, 0.5) is 0 Å². The van der Waals surface area contributed by atoms with Gasteiger partial charge in [-0.25, -0.2) is 0 Å². The predicted molar refractivity (Wildman–Crippen MR) is 292 cm³/mol. The minimum atomic E-state index is -0.784. The SMILES string of the molecule is CCCCCCCC/C=C/CCCCCCCCCC(=O)OC(CCCCCCCCCCCCCCCCCC)CC(=O)NC(CO)C(O)CCCCCCCCCCCCCCCCC. The minimum Gasteiger partial charge on any atom is -0.462 e. The first-order valence-electron chi connectivity index (χ1n) is 30.4. The van der Waals surface area contributed by atoms with Crippen molar-refractivity contribution < 1.29 is 24.5 Å². The van der Waals surface area contributed by atoms with E-state index < -0.39 is 18.2 Å². The molecule has 0 heterocycles. The number of ether oxygens (including phenoxy) is 1. The number of carbonyl (C=O) groups is 2. The Morgan fingerprint density at radius 2 is 0.716 bits per heavy atom. The Bertz CT molecular complexity index is 1020. The maximum atomic E-state index is 13.3. The monoisotopic (exact) mass is 946 g/mol. The molecule has 0 aromatic heterocycles. The highest BCUT2D eigenvalue weighted by Gasteiger charge is 2.24. The zero-order chi connectivity index (χ0) is 48.8. The third-order valence-electron chi connectivity index (χ3n) is 14.3. The highest BCUT2D eigenvalue weighted by molar-refractivity contribution is 5.77. The lowest BCUT2D eigenvalue weighted by Gasteiger charge is -2.24. The third kappa shape index (κ3) is 50.8. The van der Waals surface area contributed by atoms with Crippen molar-refractivity contribution in [1.82, 2.24) is 5.32 Å². The number of carbonyl (C=O) groups excluding carboxylic acids is 2. The van der Waals surface area contributed by atoms with Crippen LogP contribution in [0.15, 0.2) is 12.2 Å². The molecule has 0 fully saturated rings. The first kappa shape index (κ1) is 65.6. The van der Waals surface area contributed by atoms with Gasteiger partial charge in [0.15, 0.2) is 0 Å². The van der Waals surface area contributed by atoms with Crippen LogP contribution in [-0.2, 0) is 14.3 Å². The first-order valence-corrected chi connectivity index (χ1v) is 30.4. The van der Waals surface area contributed by atoms with Crippen LogP contribution in [0.3, 0.4) is 0 Å². The second-order valence-electron chi connectivity index (χ2n) is 21.1. The first-order chi connectivity index (χ1) is 33.0. The predicted octanol–water partition coefficient (Wildman–Crippen LogP) is 18.9. The van der Waals surface area contributed by atoms with E-state index in [0.29, 0.717) is 19.3 Å². The lowest BCUT2D eigenvalue weighted by atomic mass is 10.0. The molecule has 67 heavy (non-hydrogen) atoms. The van der Waals surface area contributed by atoms with Crippen molar-refractivity contribution in [3.05, 3.63) is 12.2 Å². The molecule has 0 aliphatic carbocycles. The number of rotatable bonds is 56. The molecule has 1 amide bonds. The minimum absolute atomic E-state index is 0.0842. The van der Waals surface area contributed by atoms with Gasteiger partial charge in [-0.3, -0.25) is 9.59 Å². The summed E-state index contributed by atoms with van der Waals surface area (Å²) in [5.41, 5.74) is 0. The summed E-state index contributed by atoms with van der Waals surface area (Å²) in [5.74, 6) is -0.453. The highest BCUT2D eigenvalue weighted by Crippen LogP contribution is 2.19. The Hall–Kier alpha value is -1.40. The van der Waals surface area contributed by atoms with Gasteiger partial charge in [-0.15, -0.1) is 0 Å². The van der Waals surface area contributed by atoms with E-state index in [1.54, 1.807) is 0 Å². The molecule has 0 radical (unpaired) electrons. The van der Waals surface area contributed by atoms with Crippen LogP contribution in [0.2, 0.25) is 0 Å². The number of hydrogen-bond donors (Lipinski definition) is 3. The molecule has 0 aromatic carbocycles. The Kier molecular flexibility index (Phi) is 54.4. The third-order valence-corrected chi connectivity index (χ3v) is 14.3. The Morgan fingerprint density at radius 3 is 1.06 bits per heavy atom. The molecular formula is C61H119NO5. The number of unbranched alkanes of at least 4 members (excludes halogenated alkanes) is 42. The van der Waals surface area contributed by atoms with Gasteiger partial charge in [-0.1, -0.05) is 290 Å². The summed E-state index contributed by atoms with van der Waals surface area (Å²) in [6, 6.07) is -0.697. The van der Waals surface area contributed by atoms with Crippen LogP contribution < -0.4 is 5.32 Å². The van der Waals surface area contributed by atoms with E-state index in [1.165, 1.54) is 250 Å². The molecule has 3 unspecified atom stereocenters. The summed E-state index contributed by atoms with van der Waals surface area (Å²) in [6.07, 6.45) is 64.2. The van der Waals surface area contributed by atoms with E-state index in [-0.39, 0.29) is 24.9 Å². The van der Waals surface area contributed by atoms with Crippen molar-refractivity contribution in [2.24, 2.45) is 0 Å². The summed E-state index contributed by atoms with van der Waals surface area (Å²) < 4.78 is 5.98. The van der Waals surface area contributed by atoms with Gasteiger partial charge in [0.25, 0.3) is 0 Å². The summed E-state index contributed by atoms with van der Waals surface area (Å²) in [6.45, 7) is 6.53. The summed E-state index contributed by atoms with van der Waals surface area (Å²) in [5, 5.41) is 23.9. The van der Waals surface area contributed by atoms with Crippen LogP contribution >= 0.6 is 0 Å². The second kappa shape index (κ2) is 55.5. The van der Waals surface area contributed by atoms with Crippen molar-refractivity contribution in [1.29, 1.82) is 0 Å². The second-order valence-corrected chi connectivity index (χ2v) is 21.1. The van der Waals surface area contributed by atoms with Crippen LogP contribution in [-0.4, -0.2) is 46.9 Å². The lowest BCUT2D eigenvalue weighted by molar-refractivity contribution is -0.151. The lowest BCUT2D eigenvalue weighted by Crippen LogP contribution is -2.46. The molecule has 3 atom stereocenters. The fourth-order valence-electron chi connectivity index (χ4n) is 9.72. The molecule has 0 rings (SSSR count). The van der Waals surface area contributed by atoms with E-state index in [4.69, 9.17) is 4.74 Å². The van der Waals surface area contributed by atoms with E-state index in [2.05, 4.69) is 38.2 Å². The number of aliphatic hydroxyl groups excluding tert-OH is 2. The van der Waals surface area contributed by atoms with Crippen molar-refractivity contribution in [2.45, 2.75) is 360 Å². The van der Waals surface area contributed by atoms with E-state index in [0.717, 1.165) is 44.9 Å². The number of amides is 1. The summed E-state index contributed by atoms with van der Waals surface area (Å²) in [4.78, 5) is 26.3. The Labute approximate surface area is 419 Å². The van der Waals surface area contributed by atoms with Crippen molar-refractivity contribution in [2.75, 3.05) is 6.61 Å². The molecular weight excluding hydrogens is 827 g/mol. The quantitative estimate of drug-likeness (QED) is 0.0321. The number of nitrogens with one attached hydrogen (secondary N) is 1. The zero-order valence-electron chi connectivity index (χ0n) is 45.6. The normalized spacial score (nSPS) is 13.1. The van der Waals surface area contributed by atoms with Gasteiger partial charge in [0.05, 0.1) is 25.2 Å². The van der Waals surface area contributed by atoms with E-state index >= 15 is 0 Å². The van der Waals surface area contributed by atoms with Gasteiger partial charge in [0, 0.05) is 6.42 Å². The van der Waals surface area contributed by atoms with Crippen LogP contribution in [0.25, 0.3) is 0 Å². The van der Waals surface area contributed by atoms with E-state index in [1.807, 2.05) is 0 Å². The molecule has 398 valence electrons. The summed E-state index contributed by atoms with van der Waals surface area (Å²) >= 11 is 0. The van der Waals surface area contributed by atoms with Crippen LogP contribution in [0, 0.1) is 0 Å². The summed E-state index contributed by atoms with van der Waals surface area (Å²) in [7, 11) is 0. The molecule has 0 aromatic rings. The molecule has 0 aliphatic rings. The molecule has 0 saturated heterocycles. The van der Waals surface area contributed by atoms with E-state index in [9.17, 15) is 19.8 Å². The molecule has 0 aliphatic heterocycles. The molecule has 0 saturated carbocycles. The van der Waals surface area contributed by atoms with Crippen molar-refractivity contribution in [3.8, 4) is 0 Å². The van der Waals surface area contributed by atoms with Gasteiger partial charge >= 0.3 is 5.97 Å². The smallest absolute Gasteiger partial charge is 0.306 e. The fourth-order valence-corrected chi connectivity index (χ4v) is 9.72. The zero-order valence-corrected chi connectivity index (χ0v) is 45.6. The largest absolute Gasteiger partial charge is 0.462 e. The molecule has 6 heteroatoms. The van der Waals surface area contributed by atoms with Crippen molar-refractivity contribution >= 4 is 11.9 Å². The Balaban J connectivity index is 4.50. The number of allylic oxidation sites excluding steroid dienone is 2. The van der Waals surface area contributed by atoms with Crippen LogP contribution in [0.5, 0.6) is 0 Å². The average Bonchev–Trinajstić information content (AvgIpc) is 3.32. The van der Waals surface area contributed by atoms with Gasteiger partial charge in [-0.2, -0.15) is 0 Å². The molecule has 0 bridgehead atoms. The Morgan fingerprint density at radius 1 is 0.418 bits per heavy atom. The molecule has 3 N–H and O–H groups in total. The number of aliphatic hydroxyl groups is 2. The highest BCUT2D eigenvalue weighted by atomic mass is 16.5. The van der Waals surface area contributed by atoms with Crippen molar-refractivity contribution in [3.63, 3.8) is 0 Å². The topological polar surface area (TPSA) is 95.9 Å².